The van der Waals surface area contributed by atoms with E-state index in [9.17, 15) is 0 Å². The van der Waals surface area contributed by atoms with Crippen molar-refractivity contribution in [3.8, 4) is 0 Å². The van der Waals surface area contributed by atoms with E-state index in [4.69, 9.17) is 4.99 Å². The third-order valence-electron chi connectivity index (χ3n) is 4.42. The third kappa shape index (κ3) is 4.38. The van der Waals surface area contributed by atoms with E-state index in [1.807, 2.05) is 7.05 Å². The number of nitrogens with zero attached hydrogens (tertiary/aromatic N) is 6. The van der Waals surface area contributed by atoms with Crippen molar-refractivity contribution >= 4 is 34.6 Å². The highest BCUT2D eigenvalue weighted by Crippen LogP contribution is 2.21. The standard InChI is InChI=1S/C17H28N8S/c1-4-13-11-25(8-9-26-13)17(18-5-2)20-7-6-19-15-14-10-23-24(3)16(14)22-12-21-15/h10,12-13H,4-9,11H2,1-3H3,(H,18,20)(H,19,21,22). The Morgan fingerprint density at radius 1 is 1.38 bits per heavy atom. The van der Waals surface area contributed by atoms with Gasteiger partial charge in [-0.2, -0.15) is 16.9 Å². The van der Waals surface area contributed by atoms with E-state index in [1.54, 1.807) is 17.2 Å². The van der Waals surface area contributed by atoms with Gasteiger partial charge < -0.3 is 15.5 Å². The lowest BCUT2D eigenvalue weighted by Crippen LogP contribution is -2.48. The van der Waals surface area contributed by atoms with Crippen LogP contribution in [0.2, 0.25) is 0 Å². The van der Waals surface area contributed by atoms with Crippen LogP contribution in [0.5, 0.6) is 0 Å². The molecule has 0 amide bonds. The van der Waals surface area contributed by atoms with E-state index in [2.05, 4.69) is 56.2 Å². The first kappa shape index (κ1) is 18.8. The monoisotopic (exact) mass is 376 g/mol. The topological polar surface area (TPSA) is 83.3 Å². The van der Waals surface area contributed by atoms with Crippen LogP contribution >= 0.6 is 11.8 Å². The molecule has 1 atom stereocenters. The van der Waals surface area contributed by atoms with Crippen LogP contribution in [-0.2, 0) is 7.05 Å². The molecule has 2 aromatic heterocycles. The first-order valence-electron chi connectivity index (χ1n) is 9.24. The molecule has 1 aliphatic heterocycles. The Morgan fingerprint density at radius 3 is 3.08 bits per heavy atom. The highest BCUT2D eigenvalue weighted by atomic mass is 32.2. The first-order valence-corrected chi connectivity index (χ1v) is 10.3. The van der Waals surface area contributed by atoms with Crippen molar-refractivity contribution in [2.24, 2.45) is 12.0 Å². The summed E-state index contributed by atoms with van der Waals surface area (Å²) >= 11 is 2.07. The fraction of sp³-hybridized carbons (Fsp3) is 0.647. The van der Waals surface area contributed by atoms with Gasteiger partial charge in [0, 0.05) is 44.2 Å². The summed E-state index contributed by atoms with van der Waals surface area (Å²) in [6.07, 6.45) is 4.56. The average Bonchev–Trinajstić information content (AvgIpc) is 3.06. The number of hydrogen-bond acceptors (Lipinski definition) is 6. The lowest BCUT2D eigenvalue weighted by molar-refractivity contribution is 0.408. The second kappa shape index (κ2) is 9.07. The summed E-state index contributed by atoms with van der Waals surface area (Å²) in [5.41, 5.74) is 0.829. The molecule has 0 radical (unpaired) electrons. The fourth-order valence-electron chi connectivity index (χ4n) is 3.02. The molecule has 0 aromatic carbocycles. The van der Waals surface area contributed by atoms with Gasteiger partial charge in [0.15, 0.2) is 11.6 Å². The van der Waals surface area contributed by atoms with Crippen LogP contribution in [0.3, 0.4) is 0 Å². The number of nitrogens with one attached hydrogen (secondary N) is 2. The zero-order valence-electron chi connectivity index (χ0n) is 15.8. The van der Waals surface area contributed by atoms with Crippen molar-refractivity contribution < 1.29 is 0 Å². The van der Waals surface area contributed by atoms with Gasteiger partial charge in [0.25, 0.3) is 0 Å². The number of hydrogen-bond donors (Lipinski definition) is 2. The van der Waals surface area contributed by atoms with Gasteiger partial charge in [0.2, 0.25) is 0 Å². The Bertz CT molecular complexity index is 743. The van der Waals surface area contributed by atoms with Crippen LogP contribution in [0.1, 0.15) is 20.3 Å². The predicted octanol–water partition coefficient (Wildman–Crippen LogP) is 1.57. The molecule has 9 heteroatoms. The van der Waals surface area contributed by atoms with E-state index in [1.165, 1.54) is 12.2 Å². The number of anilines is 1. The number of aliphatic imine (C=N–C) groups is 1. The Labute approximate surface area is 158 Å². The molecule has 0 saturated carbocycles. The minimum atomic E-state index is 0.689. The SMILES string of the molecule is CCNC(=NCCNc1ncnc2c1cnn2C)N1CCSC(CC)C1. The molecule has 1 fully saturated rings. The van der Waals surface area contributed by atoms with Gasteiger partial charge >= 0.3 is 0 Å². The summed E-state index contributed by atoms with van der Waals surface area (Å²) in [5, 5.41) is 12.7. The lowest BCUT2D eigenvalue weighted by atomic mass is 10.3. The summed E-state index contributed by atoms with van der Waals surface area (Å²) in [5.74, 6) is 2.99. The minimum absolute atomic E-state index is 0.689. The van der Waals surface area contributed by atoms with Crippen molar-refractivity contribution in [1.82, 2.24) is 30.0 Å². The van der Waals surface area contributed by atoms with E-state index in [-0.39, 0.29) is 0 Å². The Kier molecular flexibility index (Phi) is 6.54. The lowest BCUT2D eigenvalue weighted by Gasteiger charge is -2.34. The highest BCUT2D eigenvalue weighted by molar-refractivity contribution is 8.00. The summed E-state index contributed by atoms with van der Waals surface area (Å²) < 4.78 is 1.75. The predicted molar refractivity (Wildman–Crippen MR) is 109 cm³/mol. The van der Waals surface area contributed by atoms with Crippen LogP contribution in [-0.4, -0.2) is 74.3 Å². The van der Waals surface area contributed by atoms with Crippen molar-refractivity contribution in [3.63, 3.8) is 0 Å². The van der Waals surface area contributed by atoms with Gasteiger partial charge in [-0.3, -0.25) is 9.67 Å². The Balaban J connectivity index is 1.59. The second-order valence-corrected chi connectivity index (χ2v) is 7.65. The van der Waals surface area contributed by atoms with Gasteiger partial charge in [-0.05, 0) is 13.3 Å². The van der Waals surface area contributed by atoms with Gasteiger partial charge in [-0.1, -0.05) is 6.92 Å². The van der Waals surface area contributed by atoms with Gasteiger partial charge in [-0.15, -0.1) is 0 Å². The maximum absolute atomic E-state index is 4.80. The molecule has 0 bridgehead atoms. The summed E-state index contributed by atoms with van der Waals surface area (Å²) in [6, 6.07) is 0. The van der Waals surface area contributed by atoms with Gasteiger partial charge in [0.1, 0.15) is 12.1 Å². The average molecular weight is 377 g/mol. The zero-order chi connectivity index (χ0) is 18.4. The molecule has 142 valence electrons. The summed E-state index contributed by atoms with van der Waals surface area (Å²) in [6.45, 7) is 8.80. The Morgan fingerprint density at radius 2 is 2.27 bits per heavy atom. The molecule has 1 saturated heterocycles. The molecule has 8 nitrogen and oxygen atoms in total. The fourth-order valence-corrected chi connectivity index (χ4v) is 4.20. The summed E-state index contributed by atoms with van der Waals surface area (Å²) in [7, 11) is 1.88. The number of aromatic nitrogens is 4. The third-order valence-corrected chi connectivity index (χ3v) is 5.80. The molecule has 1 aliphatic rings. The number of fused-ring (bicyclic) bond motifs is 1. The van der Waals surface area contributed by atoms with E-state index in [0.29, 0.717) is 11.8 Å². The number of guanidine groups is 1. The number of thioether (sulfide) groups is 1. The van der Waals surface area contributed by atoms with Gasteiger partial charge in [0.05, 0.1) is 18.1 Å². The molecule has 0 aliphatic carbocycles. The number of aryl methyl sites for hydroxylation is 1. The molecule has 1 unspecified atom stereocenters. The van der Waals surface area contributed by atoms with Crippen molar-refractivity contribution in [2.75, 3.05) is 43.8 Å². The molecule has 2 N–H and O–H groups in total. The Hall–Kier alpha value is -2.03. The molecule has 2 aromatic rings. The molecular weight excluding hydrogens is 348 g/mol. The van der Waals surface area contributed by atoms with Crippen LogP contribution in [0.4, 0.5) is 5.82 Å². The molecular formula is C17H28N8S. The normalized spacial score (nSPS) is 18.3. The largest absolute Gasteiger partial charge is 0.367 e. The van der Waals surface area contributed by atoms with E-state index >= 15 is 0 Å². The van der Waals surface area contributed by atoms with Crippen LogP contribution in [0.15, 0.2) is 17.5 Å². The van der Waals surface area contributed by atoms with E-state index < -0.39 is 0 Å². The molecule has 3 rings (SSSR count). The second-order valence-electron chi connectivity index (χ2n) is 6.24. The first-order chi connectivity index (χ1) is 12.7. The maximum atomic E-state index is 4.80. The molecule has 3 heterocycles. The minimum Gasteiger partial charge on any atom is -0.367 e. The van der Waals surface area contributed by atoms with Crippen molar-refractivity contribution in [3.05, 3.63) is 12.5 Å². The van der Waals surface area contributed by atoms with Gasteiger partial charge in [-0.25, -0.2) is 9.97 Å². The highest BCUT2D eigenvalue weighted by Gasteiger charge is 2.21. The molecule has 26 heavy (non-hydrogen) atoms. The van der Waals surface area contributed by atoms with Crippen LogP contribution in [0, 0.1) is 0 Å². The summed E-state index contributed by atoms with van der Waals surface area (Å²) in [4.78, 5) is 15.8. The number of rotatable bonds is 6. The van der Waals surface area contributed by atoms with Crippen LogP contribution < -0.4 is 10.6 Å². The quantitative estimate of drug-likeness (QED) is 0.450. The van der Waals surface area contributed by atoms with Crippen molar-refractivity contribution in [1.29, 1.82) is 0 Å². The van der Waals surface area contributed by atoms with Crippen molar-refractivity contribution in [2.45, 2.75) is 25.5 Å². The maximum Gasteiger partial charge on any atom is 0.194 e. The zero-order valence-corrected chi connectivity index (χ0v) is 16.6. The smallest absolute Gasteiger partial charge is 0.194 e. The van der Waals surface area contributed by atoms with E-state index in [0.717, 1.165) is 49.0 Å². The van der Waals surface area contributed by atoms with Crippen LogP contribution in [0.25, 0.3) is 11.0 Å². The molecule has 0 spiro atoms.